The van der Waals surface area contributed by atoms with E-state index >= 15 is 0 Å². The van der Waals surface area contributed by atoms with E-state index in [0.717, 1.165) is 18.8 Å². The second kappa shape index (κ2) is 5.63. The second-order valence-electron chi connectivity index (χ2n) is 3.68. The van der Waals surface area contributed by atoms with Crippen molar-refractivity contribution in [1.29, 1.82) is 0 Å². The minimum absolute atomic E-state index is 0.343. The number of hydrogen-bond acceptors (Lipinski definition) is 2. The lowest BCUT2D eigenvalue weighted by atomic mass is 10.0. The standard InChI is InChI=1S/C10H18OS/c1-9(11)4-2-3-5-10-6-7-12-8-10/h10H,2-8H2,1H3. The summed E-state index contributed by atoms with van der Waals surface area (Å²) >= 11 is 2.08. The Labute approximate surface area is 79.3 Å². The number of carbonyl (C=O) groups excluding carboxylic acids is 1. The second-order valence-corrected chi connectivity index (χ2v) is 4.83. The van der Waals surface area contributed by atoms with Crippen molar-refractivity contribution < 1.29 is 4.79 Å². The Morgan fingerprint density at radius 3 is 2.92 bits per heavy atom. The molecule has 0 aliphatic carbocycles. The monoisotopic (exact) mass is 186 g/mol. The molecule has 2 heteroatoms. The van der Waals surface area contributed by atoms with Gasteiger partial charge in [-0.05, 0) is 43.6 Å². The topological polar surface area (TPSA) is 17.1 Å². The van der Waals surface area contributed by atoms with Crippen molar-refractivity contribution in [2.75, 3.05) is 11.5 Å². The van der Waals surface area contributed by atoms with Crippen LogP contribution in [0, 0.1) is 5.92 Å². The fourth-order valence-electron chi connectivity index (χ4n) is 1.62. The van der Waals surface area contributed by atoms with E-state index in [2.05, 4.69) is 11.8 Å². The van der Waals surface area contributed by atoms with Crippen molar-refractivity contribution in [2.45, 2.75) is 39.0 Å². The summed E-state index contributed by atoms with van der Waals surface area (Å²) < 4.78 is 0. The van der Waals surface area contributed by atoms with Crippen LogP contribution in [0.1, 0.15) is 39.0 Å². The maximum Gasteiger partial charge on any atom is 0.129 e. The van der Waals surface area contributed by atoms with Crippen molar-refractivity contribution in [2.24, 2.45) is 5.92 Å². The van der Waals surface area contributed by atoms with Crippen LogP contribution in [0.15, 0.2) is 0 Å². The molecule has 1 aliphatic rings. The Balaban J connectivity index is 1.91. The zero-order valence-electron chi connectivity index (χ0n) is 7.84. The molecule has 1 fully saturated rings. The molecule has 0 saturated carbocycles. The van der Waals surface area contributed by atoms with Gasteiger partial charge >= 0.3 is 0 Å². The van der Waals surface area contributed by atoms with Gasteiger partial charge in [0.05, 0.1) is 0 Å². The van der Waals surface area contributed by atoms with Gasteiger partial charge in [0.1, 0.15) is 5.78 Å². The summed E-state index contributed by atoms with van der Waals surface area (Å²) in [5, 5.41) is 0. The van der Waals surface area contributed by atoms with Crippen LogP contribution in [0.3, 0.4) is 0 Å². The Morgan fingerprint density at radius 2 is 2.33 bits per heavy atom. The molecule has 12 heavy (non-hydrogen) atoms. The summed E-state index contributed by atoms with van der Waals surface area (Å²) in [6, 6.07) is 0. The smallest absolute Gasteiger partial charge is 0.129 e. The first kappa shape index (κ1) is 10.1. The van der Waals surface area contributed by atoms with E-state index in [1.165, 1.54) is 30.8 Å². The van der Waals surface area contributed by atoms with E-state index in [4.69, 9.17) is 0 Å². The molecule has 0 aromatic rings. The number of carbonyl (C=O) groups is 1. The van der Waals surface area contributed by atoms with E-state index in [0.29, 0.717) is 5.78 Å². The van der Waals surface area contributed by atoms with Crippen LogP contribution in [-0.4, -0.2) is 17.3 Å². The van der Waals surface area contributed by atoms with Crippen LogP contribution in [0.25, 0.3) is 0 Å². The SMILES string of the molecule is CC(=O)CCCCC1CCSC1. The molecule has 70 valence electrons. The zero-order valence-corrected chi connectivity index (χ0v) is 8.66. The van der Waals surface area contributed by atoms with Crippen molar-refractivity contribution >= 4 is 17.5 Å². The summed E-state index contributed by atoms with van der Waals surface area (Å²) in [5.74, 6) is 4.02. The van der Waals surface area contributed by atoms with Gasteiger partial charge < -0.3 is 4.79 Å². The molecule has 0 bridgehead atoms. The number of unbranched alkanes of at least 4 members (excludes halogenated alkanes) is 1. The first-order chi connectivity index (χ1) is 5.79. The molecule has 0 aromatic carbocycles. The Hall–Kier alpha value is 0.0200. The van der Waals surface area contributed by atoms with Crippen molar-refractivity contribution in [1.82, 2.24) is 0 Å². The molecule has 1 rings (SSSR count). The van der Waals surface area contributed by atoms with Gasteiger partial charge in [-0.25, -0.2) is 0 Å². The van der Waals surface area contributed by atoms with E-state index in [-0.39, 0.29) is 0 Å². The van der Waals surface area contributed by atoms with Gasteiger partial charge in [-0.3, -0.25) is 0 Å². The highest BCUT2D eigenvalue weighted by Gasteiger charge is 2.14. The maximum atomic E-state index is 10.6. The average Bonchev–Trinajstić information content (AvgIpc) is 2.49. The molecule has 1 nitrogen and oxygen atoms in total. The third kappa shape index (κ3) is 4.15. The maximum absolute atomic E-state index is 10.6. The highest BCUT2D eigenvalue weighted by atomic mass is 32.2. The largest absolute Gasteiger partial charge is 0.300 e. The van der Waals surface area contributed by atoms with Gasteiger partial charge in [0.2, 0.25) is 0 Å². The van der Waals surface area contributed by atoms with E-state index in [1.54, 1.807) is 6.92 Å². The average molecular weight is 186 g/mol. The lowest BCUT2D eigenvalue weighted by molar-refractivity contribution is -0.117. The van der Waals surface area contributed by atoms with Crippen molar-refractivity contribution in [3.63, 3.8) is 0 Å². The Bertz CT molecular complexity index is 139. The van der Waals surface area contributed by atoms with Crippen molar-refractivity contribution in [3.05, 3.63) is 0 Å². The molecule has 0 spiro atoms. The third-order valence-corrected chi connectivity index (χ3v) is 3.65. The molecule has 0 aromatic heterocycles. The van der Waals surface area contributed by atoms with E-state index < -0.39 is 0 Å². The van der Waals surface area contributed by atoms with Crippen LogP contribution in [0.2, 0.25) is 0 Å². The van der Waals surface area contributed by atoms with Gasteiger partial charge in [-0.1, -0.05) is 6.42 Å². The number of thioether (sulfide) groups is 1. The molecule has 1 unspecified atom stereocenters. The third-order valence-electron chi connectivity index (χ3n) is 2.42. The fourth-order valence-corrected chi connectivity index (χ4v) is 2.95. The molecular weight excluding hydrogens is 168 g/mol. The number of rotatable bonds is 5. The summed E-state index contributed by atoms with van der Waals surface area (Å²) in [6.45, 7) is 1.69. The highest BCUT2D eigenvalue weighted by Crippen LogP contribution is 2.27. The Kier molecular flexibility index (Phi) is 4.74. The predicted molar refractivity (Wildman–Crippen MR) is 54.6 cm³/mol. The molecule has 1 atom stereocenters. The summed E-state index contributed by atoms with van der Waals surface area (Å²) in [7, 11) is 0. The van der Waals surface area contributed by atoms with Gasteiger partial charge in [-0.15, -0.1) is 0 Å². The first-order valence-corrected chi connectivity index (χ1v) is 6.01. The molecular formula is C10H18OS. The van der Waals surface area contributed by atoms with Gasteiger partial charge in [0.25, 0.3) is 0 Å². The molecule has 1 aliphatic heterocycles. The number of Topliss-reactive ketones (excluding diaryl/α,β-unsaturated/α-hetero) is 1. The van der Waals surface area contributed by atoms with Crippen molar-refractivity contribution in [3.8, 4) is 0 Å². The van der Waals surface area contributed by atoms with Crippen LogP contribution in [0.5, 0.6) is 0 Å². The van der Waals surface area contributed by atoms with E-state index in [9.17, 15) is 4.79 Å². The fraction of sp³-hybridized carbons (Fsp3) is 0.900. The summed E-state index contributed by atoms with van der Waals surface area (Å²) in [4.78, 5) is 10.6. The number of ketones is 1. The molecule has 1 heterocycles. The minimum atomic E-state index is 0.343. The molecule has 0 amide bonds. The van der Waals surface area contributed by atoms with Crippen LogP contribution in [-0.2, 0) is 4.79 Å². The van der Waals surface area contributed by atoms with Gasteiger partial charge in [-0.2, -0.15) is 11.8 Å². The summed E-state index contributed by atoms with van der Waals surface area (Å²) in [6.07, 6.45) is 5.91. The highest BCUT2D eigenvalue weighted by molar-refractivity contribution is 7.99. The zero-order chi connectivity index (χ0) is 8.81. The molecule has 0 radical (unpaired) electrons. The molecule has 1 saturated heterocycles. The lowest BCUT2D eigenvalue weighted by Crippen LogP contribution is -1.98. The minimum Gasteiger partial charge on any atom is -0.300 e. The van der Waals surface area contributed by atoms with Gasteiger partial charge in [0.15, 0.2) is 0 Å². The summed E-state index contributed by atoms with van der Waals surface area (Å²) in [5.41, 5.74) is 0. The van der Waals surface area contributed by atoms with E-state index in [1.807, 2.05) is 0 Å². The predicted octanol–water partition coefficient (Wildman–Crippen LogP) is 2.89. The lowest BCUT2D eigenvalue weighted by Gasteiger charge is -2.05. The Morgan fingerprint density at radius 1 is 1.50 bits per heavy atom. The van der Waals surface area contributed by atoms with Crippen LogP contribution in [0.4, 0.5) is 0 Å². The molecule has 0 N–H and O–H groups in total. The van der Waals surface area contributed by atoms with Crippen LogP contribution < -0.4 is 0 Å². The first-order valence-electron chi connectivity index (χ1n) is 4.86. The van der Waals surface area contributed by atoms with Gasteiger partial charge in [0, 0.05) is 6.42 Å². The normalized spacial score (nSPS) is 22.9. The quantitative estimate of drug-likeness (QED) is 0.614. The number of hydrogen-bond donors (Lipinski definition) is 0. The van der Waals surface area contributed by atoms with Crippen LogP contribution >= 0.6 is 11.8 Å².